The maximum absolute atomic E-state index is 15.1. The molecular weight excluding hydrogens is 588 g/mol. The molecule has 6 rings (SSSR count). The van der Waals surface area contributed by atoms with Crippen molar-refractivity contribution in [2.75, 3.05) is 6.26 Å². The number of rotatable bonds is 8. The Bertz CT molecular complexity index is 1740. The van der Waals surface area contributed by atoms with E-state index in [9.17, 15) is 17.6 Å². The van der Waals surface area contributed by atoms with Crippen molar-refractivity contribution in [3.8, 4) is 22.8 Å². The summed E-state index contributed by atoms with van der Waals surface area (Å²) in [5.41, 5.74) is 4.14. The minimum absolute atomic E-state index is 0.111. The zero-order chi connectivity index (χ0) is 31.7. The van der Waals surface area contributed by atoms with Crippen molar-refractivity contribution in [2.24, 2.45) is 11.8 Å². The zero-order valence-electron chi connectivity index (χ0n) is 25.7. The van der Waals surface area contributed by atoms with Gasteiger partial charge in [0.1, 0.15) is 35.7 Å². The van der Waals surface area contributed by atoms with E-state index in [0.29, 0.717) is 30.0 Å². The standard InChI is InChI=1S/C34H37F2NO6S/c1-17-7-21(42-22-12-23(13-22)44(6,39)40)8-18(2)30(17)24-10-20(27(35)14-28(24)36)16-41-29-11-19-9-25-31(26(19)15-37-29)32(25)33(38)43-34(3,4)5/h7-8,10-11,14-15,22-23,25,31-32H,9,12-13,16H2,1-6H3. The summed E-state index contributed by atoms with van der Waals surface area (Å²) in [5, 5.41) is -0.378. The molecule has 3 unspecified atom stereocenters. The molecule has 3 aromatic rings. The highest BCUT2D eigenvalue weighted by Crippen LogP contribution is 2.62. The van der Waals surface area contributed by atoms with Gasteiger partial charge < -0.3 is 14.2 Å². The highest BCUT2D eigenvalue weighted by atomic mass is 32.2. The summed E-state index contributed by atoms with van der Waals surface area (Å²) in [6, 6.07) is 7.76. The molecule has 10 heteroatoms. The number of nitrogens with zero attached hydrogens (tertiary/aromatic N) is 1. The monoisotopic (exact) mass is 625 g/mol. The topological polar surface area (TPSA) is 91.8 Å². The Labute approximate surface area is 256 Å². The number of fused-ring (bicyclic) bond motifs is 3. The molecule has 7 nitrogen and oxygen atoms in total. The van der Waals surface area contributed by atoms with Gasteiger partial charge in [0.2, 0.25) is 5.88 Å². The SMILES string of the molecule is Cc1cc(OC2CC(S(C)(=O)=O)C2)cc(C)c1-c1cc(COc2cc3c(cn2)C2C(C3)C2C(=O)OC(C)(C)C)c(F)cc1F. The first-order valence-corrected chi connectivity index (χ1v) is 16.8. The smallest absolute Gasteiger partial charge is 0.310 e. The number of carbonyl (C=O) groups excluding carboxylic acids is 1. The normalized spacial score (nSPS) is 23.8. The molecule has 0 radical (unpaired) electrons. The van der Waals surface area contributed by atoms with Crippen molar-refractivity contribution in [3.63, 3.8) is 0 Å². The van der Waals surface area contributed by atoms with Gasteiger partial charge >= 0.3 is 5.97 Å². The Morgan fingerprint density at radius 2 is 1.70 bits per heavy atom. The van der Waals surface area contributed by atoms with E-state index in [1.165, 1.54) is 12.3 Å². The molecular formula is C34H37F2NO6S. The number of ether oxygens (including phenoxy) is 3. The van der Waals surface area contributed by atoms with Crippen LogP contribution in [-0.2, 0) is 32.4 Å². The second-order valence-corrected chi connectivity index (χ2v) is 15.8. The van der Waals surface area contributed by atoms with Gasteiger partial charge in [-0.1, -0.05) is 0 Å². The third-order valence-corrected chi connectivity index (χ3v) is 10.5. The number of benzene rings is 2. The molecule has 44 heavy (non-hydrogen) atoms. The lowest BCUT2D eigenvalue weighted by Gasteiger charge is -2.34. The van der Waals surface area contributed by atoms with Gasteiger partial charge in [-0.05, 0) is 93.0 Å². The van der Waals surface area contributed by atoms with E-state index in [-0.39, 0.29) is 52.8 Å². The molecule has 3 atom stereocenters. The van der Waals surface area contributed by atoms with Gasteiger partial charge in [0.05, 0.1) is 11.2 Å². The molecule has 0 aliphatic heterocycles. The molecule has 2 aromatic carbocycles. The number of aryl methyl sites for hydroxylation is 2. The first kappa shape index (κ1) is 30.5. The Balaban J connectivity index is 1.14. The van der Waals surface area contributed by atoms with Crippen molar-refractivity contribution < 1.29 is 36.2 Å². The van der Waals surface area contributed by atoms with Gasteiger partial charge in [-0.3, -0.25) is 4.79 Å². The third-order valence-electron chi connectivity index (χ3n) is 8.91. The lowest BCUT2D eigenvalue weighted by atomic mass is 9.93. The van der Waals surface area contributed by atoms with Crippen LogP contribution in [0.3, 0.4) is 0 Å². The Morgan fingerprint density at radius 1 is 1.02 bits per heavy atom. The second kappa shape index (κ2) is 10.8. The summed E-state index contributed by atoms with van der Waals surface area (Å²) in [4.78, 5) is 17.0. The second-order valence-electron chi connectivity index (χ2n) is 13.5. The van der Waals surface area contributed by atoms with Crippen molar-refractivity contribution in [1.29, 1.82) is 0 Å². The average Bonchev–Trinajstić information content (AvgIpc) is 3.46. The maximum Gasteiger partial charge on any atom is 0.310 e. The molecule has 3 aliphatic rings. The number of hydrogen-bond acceptors (Lipinski definition) is 7. The summed E-state index contributed by atoms with van der Waals surface area (Å²) < 4.78 is 70.9. The molecule has 1 heterocycles. The van der Waals surface area contributed by atoms with Gasteiger partial charge in [-0.15, -0.1) is 0 Å². The fraction of sp³-hybridized carbons (Fsp3) is 0.471. The Morgan fingerprint density at radius 3 is 2.34 bits per heavy atom. The summed E-state index contributed by atoms with van der Waals surface area (Å²) in [5.74, 6) is -0.466. The van der Waals surface area contributed by atoms with Crippen LogP contribution in [0.5, 0.6) is 11.6 Å². The van der Waals surface area contributed by atoms with Crippen molar-refractivity contribution in [3.05, 3.63) is 76.0 Å². The van der Waals surface area contributed by atoms with Crippen LogP contribution < -0.4 is 9.47 Å². The molecule has 0 spiro atoms. The van der Waals surface area contributed by atoms with E-state index in [1.807, 2.05) is 40.7 Å². The van der Waals surface area contributed by atoms with Crippen LogP contribution >= 0.6 is 0 Å². The van der Waals surface area contributed by atoms with Gasteiger partial charge in [0.25, 0.3) is 0 Å². The summed E-state index contributed by atoms with van der Waals surface area (Å²) in [7, 11) is -3.08. The van der Waals surface area contributed by atoms with E-state index >= 15 is 4.39 Å². The molecule has 1 aromatic heterocycles. The van der Waals surface area contributed by atoms with E-state index in [4.69, 9.17) is 14.2 Å². The van der Waals surface area contributed by atoms with Crippen LogP contribution in [-0.4, -0.2) is 42.6 Å². The largest absolute Gasteiger partial charge is 0.490 e. The van der Waals surface area contributed by atoms with E-state index in [0.717, 1.165) is 34.7 Å². The molecule has 3 aliphatic carbocycles. The van der Waals surface area contributed by atoms with E-state index < -0.39 is 27.1 Å². The van der Waals surface area contributed by atoms with Crippen LogP contribution in [0.4, 0.5) is 8.78 Å². The van der Waals surface area contributed by atoms with E-state index in [2.05, 4.69) is 4.98 Å². The number of aromatic nitrogens is 1. The van der Waals surface area contributed by atoms with Crippen LogP contribution in [0.1, 0.15) is 67.3 Å². The highest BCUT2D eigenvalue weighted by Gasteiger charge is 2.61. The number of pyridine rings is 1. The fourth-order valence-corrected chi connectivity index (χ4v) is 7.79. The maximum atomic E-state index is 15.1. The lowest BCUT2D eigenvalue weighted by molar-refractivity contribution is -0.157. The first-order chi connectivity index (χ1) is 20.6. The lowest BCUT2D eigenvalue weighted by Crippen LogP contribution is -2.42. The molecule has 2 saturated carbocycles. The highest BCUT2D eigenvalue weighted by molar-refractivity contribution is 7.91. The van der Waals surface area contributed by atoms with Crippen molar-refractivity contribution in [2.45, 2.75) is 83.4 Å². The van der Waals surface area contributed by atoms with Gasteiger partial charge in [-0.2, -0.15) is 0 Å². The molecule has 0 bridgehead atoms. The fourth-order valence-electron chi connectivity index (χ4n) is 6.66. The minimum Gasteiger partial charge on any atom is -0.490 e. The molecule has 0 saturated heterocycles. The van der Waals surface area contributed by atoms with Gasteiger partial charge in [0.15, 0.2) is 9.84 Å². The average molecular weight is 626 g/mol. The van der Waals surface area contributed by atoms with Crippen LogP contribution in [0.25, 0.3) is 11.1 Å². The molecule has 0 amide bonds. The van der Waals surface area contributed by atoms with Crippen LogP contribution in [0.2, 0.25) is 0 Å². The van der Waals surface area contributed by atoms with Crippen molar-refractivity contribution >= 4 is 15.8 Å². The molecule has 2 fully saturated rings. The number of hydrogen-bond donors (Lipinski definition) is 0. The molecule has 234 valence electrons. The summed E-state index contributed by atoms with van der Waals surface area (Å²) in [6.07, 6.45) is 4.41. The van der Waals surface area contributed by atoms with Gasteiger partial charge in [-0.25, -0.2) is 22.2 Å². The number of halogens is 2. The number of esters is 1. The first-order valence-electron chi connectivity index (χ1n) is 14.9. The Kier molecular flexibility index (Phi) is 7.50. The van der Waals surface area contributed by atoms with Crippen molar-refractivity contribution in [1.82, 2.24) is 4.98 Å². The third kappa shape index (κ3) is 5.93. The molecule has 0 N–H and O–H groups in total. The predicted molar refractivity (Wildman–Crippen MR) is 161 cm³/mol. The van der Waals surface area contributed by atoms with Crippen LogP contribution in [0.15, 0.2) is 36.5 Å². The van der Waals surface area contributed by atoms with E-state index in [1.54, 1.807) is 18.3 Å². The summed E-state index contributed by atoms with van der Waals surface area (Å²) in [6.45, 7) is 9.11. The predicted octanol–water partition coefficient (Wildman–Crippen LogP) is 6.40. The summed E-state index contributed by atoms with van der Waals surface area (Å²) >= 11 is 0. The quantitative estimate of drug-likeness (QED) is 0.268. The van der Waals surface area contributed by atoms with Gasteiger partial charge in [0, 0.05) is 54.5 Å². The Hall–Kier alpha value is -3.53. The number of carbonyl (C=O) groups is 1. The minimum atomic E-state index is -3.08. The number of sulfone groups is 1. The van der Waals surface area contributed by atoms with Crippen LogP contribution in [0, 0.1) is 37.3 Å². The zero-order valence-corrected chi connectivity index (χ0v) is 26.6.